The van der Waals surface area contributed by atoms with Crippen LogP contribution in [0.15, 0.2) is 30.5 Å². The van der Waals surface area contributed by atoms with Gasteiger partial charge in [-0.3, -0.25) is 4.90 Å². The summed E-state index contributed by atoms with van der Waals surface area (Å²) in [4.78, 5) is 10.5. The van der Waals surface area contributed by atoms with Crippen molar-refractivity contribution in [3.05, 3.63) is 42.0 Å². The van der Waals surface area contributed by atoms with Crippen LogP contribution in [0, 0.1) is 0 Å². The third-order valence-electron chi connectivity index (χ3n) is 4.82. The van der Waals surface area contributed by atoms with Crippen molar-refractivity contribution in [1.29, 1.82) is 0 Å². The monoisotopic (exact) mass is 310 g/mol. The molecule has 3 aromatic rings. The van der Waals surface area contributed by atoms with Gasteiger partial charge in [-0.05, 0) is 18.6 Å². The quantitative estimate of drug-likeness (QED) is 0.776. The van der Waals surface area contributed by atoms with Crippen molar-refractivity contribution in [2.45, 2.75) is 31.7 Å². The number of hydrogen-bond donors (Lipinski definition) is 1. The topological polar surface area (TPSA) is 71.9 Å². The molecule has 1 aromatic carbocycles. The maximum atomic E-state index is 5.96. The number of para-hydroxylation sites is 2. The van der Waals surface area contributed by atoms with Crippen LogP contribution in [0.25, 0.3) is 11.0 Å². The smallest absolute Gasteiger partial charge is 0.121 e. The molecule has 1 fully saturated rings. The highest BCUT2D eigenvalue weighted by Gasteiger charge is 2.36. The average molecular weight is 310 g/mol. The molecule has 23 heavy (non-hydrogen) atoms. The van der Waals surface area contributed by atoms with E-state index < -0.39 is 0 Å². The van der Waals surface area contributed by atoms with Crippen LogP contribution in [0.5, 0.6) is 0 Å². The summed E-state index contributed by atoms with van der Waals surface area (Å²) in [6.45, 7) is 3.37. The fourth-order valence-corrected chi connectivity index (χ4v) is 3.68. The maximum Gasteiger partial charge on any atom is 0.121 e. The summed E-state index contributed by atoms with van der Waals surface area (Å²) in [5, 5.41) is 8.28. The molecule has 5 rings (SSSR count). The second-order valence-corrected chi connectivity index (χ2v) is 6.31. The normalized spacial score (nSPS) is 24.5. The first-order valence-corrected chi connectivity index (χ1v) is 8.03. The number of nitrogens with zero attached hydrogens (tertiary/aromatic N) is 5. The lowest BCUT2D eigenvalue weighted by atomic mass is 10.0. The highest BCUT2D eigenvalue weighted by atomic mass is 16.5. The fourth-order valence-electron chi connectivity index (χ4n) is 3.68. The Hall–Kier alpha value is -2.25. The Morgan fingerprint density at radius 2 is 2.26 bits per heavy atom. The molecule has 1 N–H and O–H groups in total. The Bertz CT molecular complexity index is 807. The van der Waals surface area contributed by atoms with E-state index in [1.165, 1.54) is 0 Å². The van der Waals surface area contributed by atoms with E-state index in [-0.39, 0.29) is 12.1 Å². The fraction of sp³-hybridized carbons (Fsp3) is 0.438. The van der Waals surface area contributed by atoms with Gasteiger partial charge in [0, 0.05) is 13.1 Å². The lowest BCUT2D eigenvalue weighted by molar-refractivity contribution is -0.0672. The van der Waals surface area contributed by atoms with Crippen molar-refractivity contribution >= 4 is 11.0 Å². The van der Waals surface area contributed by atoms with Crippen LogP contribution in [0.1, 0.15) is 24.0 Å². The summed E-state index contributed by atoms with van der Waals surface area (Å²) in [7, 11) is 0. The molecule has 0 saturated carbocycles. The minimum Gasteiger partial charge on any atom is -0.370 e. The molecule has 0 radical (unpaired) electrons. The van der Waals surface area contributed by atoms with Gasteiger partial charge >= 0.3 is 0 Å². The van der Waals surface area contributed by atoms with Crippen molar-refractivity contribution in [2.75, 3.05) is 13.1 Å². The number of rotatable bonds is 2. The number of aromatic nitrogens is 5. The standard InChI is InChI=1S/C16H18N6O/c1-2-4-13-12(3-1)18-16(19-13)9-21-6-5-15-14(8-21)22-11(10-23-15)7-17-20-22/h1-4,7,14-15H,5-6,8-10H2,(H,18,19)/t14-,15-/m1/s1. The number of aromatic amines is 1. The molecule has 4 heterocycles. The van der Waals surface area contributed by atoms with Gasteiger partial charge in [0.05, 0.1) is 48.2 Å². The van der Waals surface area contributed by atoms with E-state index in [0.29, 0.717) is 6.61 Å². The predicted molar refractivity (Wildman–Crippen MR) is 83.6 cm³/mol. The molecule has 7 nitrogen and oxygen atoms in total. The Labute approximate surface area is 133 Å². The summed E-state index contributed by atoms with van der Waals surface area (Å²) < 4.78 is 8.00. The minimum absolute atomic E-state index is 0.246. The number of nitrogens with one attached hydrogen (secondary N) is 1. The zero-order valence-electron chi connectivity index (χ0n) is 12.7. The van der Waals surface area contributed by atoms with Gasteiger partial charge in [0.25, 0.3) is 0 Å². The van der Waals surface area contributed by atoms with Gasteiger partial charge in [-0.15, -0.1) is 5.10 Å². The van der Waals surface area contributed by atoms with Crippen LogP contribution in [0.2, 0.25) is 0 Å². The van der Waals surface area contributed by atoms with Gasteiger partial charge < -0.3 is 9.72 Å². The first kappa shape index (κ1) is 13.2. The minimum atomic E-state index is 0.246. The van der Waals surface area contributed by atoms with Crippen LogP contribution in [-0.4, -0.2) is 49.1 Å². The third kappa shape index (κ3) is 2.24. The molecular formula is C16H18N6O. The van der Waals surface area contributed by atoms with E-state index in [4.69, 9.17) is 4.74 Å². The van der Waals surface area contributed by atoms with E-state index in [1.54, 1.807) is 6.20 Å². The summed E-state index contributed by atoms with van der Waals surface area (Å²) in [5.41, 5.74) is 3.19. The van der Waals surface area contributed by atoms with Crippen molar-refractivity contribution in [1.82, 2.24) is 29.9 Å². The molecule has 0 spiro atoms. The molecule has 0 unspecified atom stereocenters. The largest absolute Gasteiger partial charge is 0.370 e. The highest BCUT2D eigenvalue weighted by molar-refractivity contribution is 5.74. The van der Waals surface area contributed by atoms with E-state index in [2.05, 4.69) is 31.2 Å². The summed E-state index contributed by atoms with van der Waals surface area (Å²) >= 11 is 0. The number of benzene rings is 1. The van der Waals surface area contributed by atoms with Gasteiger partial charge in [-0.25, -0.2) is 9.67 Å². The van der Waals surface area contributed by atoms with Crippen LogP contribution in [0.3, 0.4) is 0 Å². The second-order valence-electron chi connectivity index (χ2n) is 6.31. The second kappa shape index (κ2) is 5.14. The Morgan fingerprint density at radius 1 is 1.30 bits per heavy atom. The van der Waals surface area contributed by atoms with E-state index >= 15 is 0 Å². The molecule has 2 aliphatic rings. The first-order valence-electron chi connectivity index (χ1n) is 8.03. The number of likely N-dealkylation sites (tertiary alicyclic amines) is 1. The van der Waals surface area contributed by atoms with Crippen LogP contribution < -0.4 is 0 Å². The third-order valence-corrected chi connectivity index (χ3v) is 4.82. The SMILES string of the molecule is c1ccc2[nH]c(CN3CC[C@H]4OCc5cnnn5[C@@H]4C3)nc2c1. The van der Waals surface area contributed by atoms with Crippen molar-refractivity contribution in [2.24, 2.45) is 0 Å². The molecule has 0 aliphatic carbocycles. The number of ether oxygens (including phenoxy) is 1. The Morgan fingerprint density at radius 3 is 3.22 bits per heavy atom. The number of fused-ring (bicyclic) bond motifs is 4. The van der Waals surface area contributed by atoms with Gasteiger partial charge in [0.2, 0.25) is 0 Å². The molecule has 2 aliphatic heterocycles. The Balaban J connectivity index is 1.37. The number of imidazole rings is 1. The summed E-state index contributed by atoms with van der Waals surface area (Å²) in [5.74, 6) is 1.01. The Kier molecular flexibility index (Phi) is 2.95. The van der Waals surface area contributed by atoms with Crippen LogP contribution in [0.4, 0.5) is 0 Å². The van der Waals surface area contributed by atoms with E-state index in [1.807, 2.05) is 22.9 Å². The maximum absolute atomic E-state index is 5.96. The number of H-pyrrole nitrogens is 1. The zero-order valence-corrected chi connectivity index (χ0v) is 12.7. The van der Waals surface area contributed by atoms with Crippen molar-refractivity contribution in [3.63, 3.8) is 0 Å². The summed E-state index contributed by atoms with van der Waals surface area (Å²) in [6.07, 6.45) is 3.06. The number of piperidine rings is 1. The lowest BCUT2D eigenvalue weighted by Gasteiger charge is -2.40. The first-order chi connectivity index (χ1) is 11.4. The van der Waals surface area contributed by atoms with Gasteiger partial charge in [0.15, 0.2) is 0 Å². The predicted octanol–water partition coefficient (Wildman–Crippen LogP) is 1.50. The van der Waals surface area contributed by atoms with Crippen molar-refractivity contribution in [3.8, 4) is 0 Å². The molecule has 2 aromatic heterocycles. The van der Waals surface area contributed by atoms with Gasteiger partial charge in [-0.1, -0.05) is 17.3 Å². The van der Waals surface area contributed by atoms with E-state index in [9.17, 15) is 0 Å². The molecule has 7 heteroatoms. The summed E-state index contributed by atoms with van der Waals surface area (Å²) in [6, 6.07) is 8.40. The van der Waals surface area contributed by atoms with Gasteiger partial charge in [0.1, 0.15) is 5.82 Å². The molecule has 118 valence electrons. The molecule has 0 amide bonds. The van der Waals surface area contributed by atoms with Crippen molar-refractivity contribution < 1.29 is 4.74 Å². The molecule has 2 atom stereocenters. The van der Waals surface area contributed by atoms with Gasteiger partial charge in [-0.2, -0.15) is 0 Å². The van der Waals surface area contributed by atoms with Crippen LogP contribution >= 0.6 is 0 Å². The highest BCUT2D eigenvalue weighted by Crippen LogP contribution is 2.30. The number of hydrogen-bond acceptors (Lipinski definition) is 5. The van der Waals surface area contributed by atoms with Crippen LogP contribution in [-0.2, 0) is 17.9 Å². The average Bonchev–Trinajstić information content (AvgIpc) is 3.20. The lowest BCUT2D eigenvalue weighted by Crippen LogP contribution is -2.47. The zero-order chi connectivity index (χ0) is 15.2. The molecule has 0 bridgehead atoms. The molecular weight excluding hydrogens is 292 g/mol. The van der Waals surface area contributed by atoms with E-state index in [0.717, 1.165) is 48.6 Å². The molecule has 1 saturated heterocycles.